The topological polar surface area (TPSA) is 34.0 Å². The SMILES string of the molecule is Cn1cc(C2CCN(c3ccnc4cc(C(F)(F)F)ccc34)C2)cn1. The van der Waals surface area contributed by atoms with Crippen LogP contribution in [0.3, 0.4) is 0 Å². The molecule has 3 aromatic rings. The number of hydrogen-bond donors (Lipinski definition) is 0. The highest BCUT2D eigenvalue weighted by atomic mass is 19.4. The number of alkyl halides is 3. The zero-order valence-corrected chi connectivity index (χ0v) is 13.7. The molecule has 7 heteroatoms. The van der Waals surface area contributed by atoms with Crippen molar-refractivity contribution in [2.45, 2.75) is 18.5 Å². The van der Waals surface area contributed by atoms with Gasteiger partial charge in [0, 0.05) is 49.5 Å². The molecule has 1 unspecified atom stereocenters. The number of pyridine rings is 1. The molecular formula is C18H17F3N4. The average Bonchev–Trinajstić information content (AvgIpc) is 3.21. The van der Waals surface area contributed by atoms with Gasteiger partial charge in [0.15, 0.2) is 0 Å². The molecule has 0 amide bonds. The average molecular weight is 346 g/mol. The Morgan fingerprint density at radius 3 is 2.76 bits per heavy atom. The maximum absolute atomic E-state index is 12.9. The minimum absolute atomic E-state index is 0.372. The van der Waals surface area contributed by atoms with E-state index in [4.69, 9.17) is 0 Å². The van der Waals surface area contributed by atoms with Gasteiger partial charge in [-0.2, -0.15) is 18.3 Å². The molecule has 1 aliphatic rings. The molecule has 1 saturated heterocycles. The number of hydrogen-bond acceptors (Lipinski definition) is 3. The van der Waals surface area contributed by atoms with Gasteiger partial charge in [0.1, 0.15) is 0 Å². The van der Waals surface area contributed by atoms with E-state index in [1.54, 1.807) is 10.9 Å². The van der Waals surface area contributed by atoms with Crippen LogP contribution in [0.2, 0.25) is 0 Å². The van der Waals surface area contributed by atoms with Crippen LogP contribution < -0.4 is 4.90 Å². The fraction of sp³-hybridized carbons (Fsp3) is 0.333. The van der Waals surface area contributed by atoms with E-state index in [2.05, 4.69) is 15.0 Å². The fourth-order valence-electron chi connectivity index (χ4n) is 3.49. The first-order valence-electron chi connectivity index (χ1n) is 8.11. The molecule has 2 aromatic heterocycles. The Morgan fingerprint density at radius 2 is 2.04 bits per heavy atom. The third-order valence-corrected chi connectivity index (χ3v) is 4.77. The monoisotopic (exact) mass is 346 g/mol. The molecule has 4 nitrogen and oxygen atoms in total. The number of anilines is 1. The van der Waals surface area contributed by atoms with E-state index in [0.29, 0.717) is 11.4 Å². The van der Waals surface area contributed by atoms with Crippen molar-refractivity contribution in [3.05, 3.63) is 54.0 Å². The standard InChI is InChI=1S/C18H17F3N4/c1-24-10-13(9-23-24)12-5-7-25(11-12)17-4-6-22-16-8-14(18(19,20)21)2-3-15(16)17/h2-4,6,8-10,12H,5,7,11H2,1H3. The Hall–Kier alpha value is -2.57. The zero-order valence-electron chi connectivity index (χ0n) is 13.7. The minimum Gasteiger partial charge on any atom is -0.370 e. The van der Waals surface area contributed by atoms with Crippen molar-refractivity contribution in [2.24, 2.45) is 7.05 Å². The van der Waals surface area contributed by atoms with Gasteiger partial charge < -0.3 is 4.90 Å². The van der Waals surface area contributed by atoms with Crippen molar-refractivity contribution in [3.63, 3.8) is 0 Å². The maximum Gasteiger partial charge on any atom is 0.416 e. The summed E-state index contributed by atoms with van der Waals surface area (Å²) in [4.78, 5) is 6.35. The van der Waals surface area contributed by atoms with Gasteiger partial charge in [0.2, 0.25) is 0 Å². The van der Waals surface area contributed by atoms with Crippen LogP contribution >= 0.6 is 0 Å². The summed E-state index contributed by atoms with van der Waals surface area (Å²) in [5, 5.41) is 4.98. The fourth-order valence-corrected chi connectivity index (χ4v) is 3.49. The van der Waals surface area contributed by atoms with Crippen molar-refractivity contribution in [2.75, 3.05) is 18.0 Å². The van der Waals surface area contributed by atoms with Gasteiger partial charge in [-0.25, -0.2) is 0 Å². The molecular weight excluding hydrogens is 329 g/mol. The van der Waals surface area contributed by atoms with E-state index in [1.807, 2.05) is 25.5 Å². The van der Waals surface area contributed by atoms with Crippen LogP contribution in [0.1, 0.15) is 23.5 Å². The third-order valence-electron chi connectivity index (χ3n) is 4.77. The molecule has 0 aliphatic carbocycles. The predicted octanol–water partition coefficient (Wildman–Crippen LogP) is 3.98. The van der Waals surface area contributed by atoms with Gasteiger partial charge >= 0.3 is 6.18 Å². The lowest BCUT2D eigenvalue weighted by Gasteiger charge is -2.20. The first kappa shape index (κ1) is 15.9. The van der Waals surface area contributed by atoms with Crippen molar-refractivity contribution in [1.29, 1.82) is 0 Å². The number of aryl methyl sites for hydroxylation is 1. The number of nitrogens with zero attached hydrogens (tertiary/aromatic N) is 4. The Balaban J connectivity index is 1.66. The highest BCUT2D eigenvalue weighted by Gasteiger charge is 2.31. The Bertz CT molecular complexity index is 916. The van der Waals surface area contributed by atoms with Gasteiger partial charge in [-0.3, -0.25) is 9.67 Å². The molecule has 4 rings (SSSR count). The molecule has 1 aromatic carbocycles. The van der Waals surface area contributed by atoms with Crippen LogP contribution in [0.5, 0.6) is 0 Å². The van der Waals surface area contributed by atoms with Crippen molar-refractivity contribution < 1.29 is 13.2 Å². The number of fused-ring (bicyclic) bond motifs is 1. The summed E-state index contributed by atoms with van der Waals surface area (Å²) in [6.07, 6.45) is 2.12. The van der Waals surface area contributed by atoms with E-state index in [-0.39, 0.29) is 0 Å². The highest BCUT2D eigenvalue weighted by Crippen LogP contribution is 2.36. The molecule has 0 radical (unpaired) electrons. The van der Waals surface area contributed by atoms with Crippen LogP contribution in [0.15, 0.2) is 42.9 Å². The summed E-state index contributed by atoms with van der Waals surface area (Å²) in [6.45, 7) is 1.69. The molecule has 0 bridgehead atoms. The Morgan fingerprint density at radius 1 is 1.20 bits per heavy atom. The minimum atomic E-state index is -4.36. The lowest BCUT2D eigenvalue weighted by atomic mass is 10.0. The van der Waals surface area contributed by atoms with Gasteiger partial charge in [-0.15, -0.1) is 0 Å². The molecule has 0 saturated carbocycles. The van der Waals surface area contributed by atoms with E-state index in [0.717, 1.165) is 42.7 Å². The van der Waals surface area contributed by atoms with Crippen molar-refractivity contribution >= 4 is 16.6 Å². The molecule has 0 N–H and O–H groups in total. The second-order valence-electron chi connectivity index (χ2n) is 6.44. The molecule has 1 fully saturated rings. The van der Waals surface area contributed by atoms with E-state index < -0.39 is 11.7 Å². The summed E-state index contributed by atoms with van der Waals surface area (Å²) in [6, 6.07) is 5.65. The first-order valence-corrected chi connectivity index (χ1v) is 8.11. The lowest BCUT2D eigenvalue weighted by molar-refractivity contribution is -0.137. The van der Waals surface area contributed by atoms with Crippen molar-refractivity contribution in [3.8, 4) is 0 Å². The van der Waals surface area contributed by atoms with E-state index >= 15 is 0 Å². The summed E-state index contributed by atoms with van der Waals surface area (Å²) in [7, 11) is 1.89. The predicted molar refractivity (Wildman–Crippen MR) is 89.5 cm³/mol. The highest BCUT2D eigenvalue weighted by molar-refractivity contribution is 5.92. The van der Waals surface area contributed by atoms with Crippen LogP contribution in [0.25, 0.3) is 10.9 Å². The molecule has 0 spiro atoms. The molecule has 1 aliphatic heterocycles. The van der Waals surface area contributed by atoms with Crippen LogP contribution in [-0.2, 0) is 13.2 Å². The normalized spacial score (nSPS) is 18.2. The third kappa shape index (κ3) is 2.94. The Kier molecular flexibility index (Phi) is 3.67. The summed E-state index contributed by atoms with van der Waals surface area (Å²) in [5.74, 6) is 0.381. The van der Waals surface area contributed by atoms with E-state index in [9.17, 15) is 13.2 Å². The number of aromatic nitrogens is 3. The number of halogens is 3. The molecule has 130 valence electrons. The maximum atomic E-state index is 12.9. The summed E-state index contributed by atoms with van der Waals surface area (Å²) < 4.78 is 40.5. The second kappa shape index (κ2) is 5.75. The van der Waals surface area contributed by atoms with Crippen LogP contribution in [-0.4, -0.2) is 27.9 Å². The zero-order chi connectivity index (χ0) is 17.6. The largest absolute Gasteiger partial charge is 0.416 e. The number of benzene rings is 1. The summed E-state index contributed by atoms with van der Waals surface area (Å²) in [5.41, 5.74) is 1.84. The number of rotatable bonds is 2. The summed E-state index contributed by atoms with van der Waals surface area (Å²) >= 11 is 0. The smallest absolute Gasteiger partial charge is 0.370 e. The second-order valence-corrected chi connectivity index (χ2v) is 6.44. The van der Waals surface area contributed by atoms with Gasteiger partial charge in [-0.1, -0.05) is 6.07 Å². The Labute approximate surface area is 142 Å². The molecule has 3 heterocycles. The van der Waals surface area contributed by atoms with E-state index in [1.165, 1.54) is 11.6 Å². The van der Waals surface area contributed by atoms with Crippen molar-refractivity contribution in [1.82, 2.24) is 14.8 Å². The van der Waals surface area contributed by atoms with Crippen LogP contribution in [0, 0.1) is 0 Å². The van der Waals surface area contributed by atoms with Gasteiger partial charge in [0.05, 0.1) is 17.3 Å². The molecule has 1 atom stereocenters. The lowest BCUT2D eigenvalue weighted by Crippen LogP contribution is -2.19. The molecule has 25 heavy (non-hydrogen) atoms. The first-order chi connectivity index (χ1) is 11.9. The van der Waals surface area contributed by atoms with Gasteiger partial charge in [0.25, 0.3) is 0 Å². The van der Waals surface area contributed by atoms with Gasteiger partial charge in [-0.05, 0) is 30.2 Å². The quantitative estimate of drug-likeness (QED) is 0.704. The van der Waals surface area contributed by atoms with Crippen LogP contribution in [0.4, 0.5) is 18.9 Å².